The normalized spacial score (nSPS) is 14.4. The van der Waals surface area contributed by atoms with Crippen LogP contribution in [0.1, 0.15) is 48.3 Å². The number of anilines is 2. The van der Waals surface area contributed by atoms with Crippen LogP contribution in [0.25, 0.3) is 0 Å². The highest BCUT2D eigenvalue weighted by Crippen LogP contribution is 2.29. The Hall–Kier alpha value is -2.63. The number of nitrogens with one attached hydrogen (secondary N) is 2. The molecule has 1 fully saturated rings. The molecular weight excluding hydrogens is 330 g/mol. The lowest BCUT2D eigenvalue weighted by Crippen LogP contribution is -2.22. The minimum absolute atomic E-state index is 0.0348. The van der Waals surface area contributed by atoms with Gasteiger partial charge in [0.2, 0.25) is 11.8 Å². The zero-order valence-corrected chi connectivity index (χ0v) is 15.5. The van der Waals surface area contributed by atoms with E-state index in [9.17, 15) is 9.59 Å². The van der Waals surface area contributed by atoms with Crippen molar-refractivity contribution in [1.82, 2.24) is 5.16 Å². The lowest BCUT2D eigenvalue weighted by molar-refractivity contribution is -0.119. The number of nitrogens with zero attached hydrogens (tertiary/aromatic N) is 1. The molecule has 1 heterocycles. The molecule has 0 unspecified atom stereocenters. The molecule has 0 spiro atoms. The molecule has 1 aromatic heterocycles. The number of carbonyl (C=O) groups is 2. The van der Waals surface area contributed by atoms with Crippen LogP contribution < -0.4 is 10.6 Å². The van der Waals surface area contributed by atoms with E-state index in [1.165, 1.54) is 0 Å². The van der Waals surface area contributed by atoms with Crippen molar-refractivity contribution in [3.05, 3.63) is 40.8 Å². The van der Waals surface area contributed by atoms with Crippen LogP contribution in [0.4, 0.5) is 11.4 Å². The first-order valence-electron chi connectivity index (χ1n) is 9.07. The minimum atomic E-state index is -0.165. The molecule has 1 aliphatic carbocycles. The number of aryl methyl sites for hydroxylation is 3. The average Bonchev–Trinajstić information content (AvgIpc) is 3.23. The number of carbonyl (C=O) groups excluding carboxylic acids is 2. The summed E-state index contributed by atoms with van der Waals surface area (Å²) in [5, 5.41) is 9.78. The van der Waals surface area contributed by atoms with Gasteiger partial charge >= 0.3 is 0 Å². The molecule has 2 aromatic rings. The third-order valence-electron chi connectivity index (χ3n) is 4.95. The Kier molecular flexibility index (Phi) is 5.40. The van der Waals surface area contributed by atoms with Crippen LogP contribution in [-0.4, -0.2) is 17.0 Å². The van der Waals surface area contributed by atoms with Crippen molar-refractivity contribution in [2.75, 3.05) is 10.6 Å². The van der Waals surface area contributed by atoms with Gasteiger partial charge in [-0.1, -0.05) is 24.1 Å². The van der Waals surface area contributed by atoms with Crippen molar-refractivity contribution < 1.29 is 14.1 Å². The zero-order valence-electron chi connectivity index (χ0n) is 15.5. The second-order valence-electron chi connectivity index (χ2n) is 7.05. The van der Waals surface area contributed by atoms with Crippen molar-refractivity contribution >= 4 is 23.2 Å². The quantitative estimate of drug-likeness (QED) is 0.852. The SMILES string of the molecule is Cc1ccc(NC(=O)C2CCCC2)c(NC(=O)Cc2c(C)noc2C)c1. The van der Waals surface area contributed by atoms with Gasteiger partial charge in [-0.3, -0.25) is 9.59 Å². The van der Waals surface area contributed by atoms with Crippen molar-refractivity contribution in [2.45, 2.75) is 52.9 Å². The molecule has 0 saturated heterocycles. The fourth-order valence-electron chi connectivity index (χ4n) is 3.40. The van der Waals surface area contributed by atoms with Crippen LogP contribution >= 0.6 is 0 Å². The molecule has 1 saturated carbocycles. The maximum absolute atomic E-state index is 12.5. The molecule has 0 atom stereocenters. The van der Waals surface area contributed by atoms with Gasteiger partial charge in [-0.15, -0.1) is 0 Å². The van der Waals surface area contributed by atoms with E-state index in [1.807, 2.05) is 32.0 Å². The molecule has 0 aliphatic heterocycles. The highest BCUT2D eigenvalue weighted by Gasteiger charge is 2.23. The largest absolute Gasteiger partial charge is 0.361 e. The zero-order chi connectivity index (χ0) is 18.7. The fraction of sp³-hybridized carbons (Fsp3) is 0.450. The maximum atomic E-state index is 12.5. The Balaban J connectivity index is 1.73. The van der Waals surface area contributed by atoms with Gasteiger partial charge < -0.3 is 15.2 Å². The van der Waals surface area contributed by atoms with E-state index in [4.69, 9.17) is 4.52 Å². The van der Waals surface area contributed by atoms with Crippen LogP contribution in [-0.2, 0) is 16.0 Å². The van der Waals surface area contributed by atoms with E-state index in [2.05, 4.69) is 15.8 Å². The van der Waals surface area contributed by atoms with E-state index in [1.54, 1.807) is 6.92 Å². The summed E-state index contributed by atoms with van der Waals surface area (Å²) < 4.78 is 5.11. The van der Waals surface area contributed by atoms with E-state index in [0.29, 0.717) is 17.1 Å². The number of rotatable bonds is 5. The fourth-order valence-corrected chi connectivity index (χ4v) is 3.40. The summed E-state index contributed by atoms with van der Waals surface area (Å²) in [6, 6.07) is 5.64. The highest BCUT2D eigenvalue weighted by molar-refractivity contribution is 6.01. The molecule has 6 nitrogen and oxygen atoms in total. The van der Waals surface area contributed by atoms with E-state index >= 15 is 0 Å². The van der Waals surface area contributed by atoms with Gasteiger partial charge in [-0.2, -0.15) is 0 Å². The summed E-state index contributed by atoms with van der Waals surface area (Å²) in [5.74, 6) is 0.591. The highest BCUT2D eigenvalue weighted by atomic mass is 16.5. The molecule has 0 bridgehead atoms. The first-order chi connectivity index (χ1) is 12.4. The summed E-state index contributed by atoms with van der Waals surface area (Å²) in [7, 11) is 0. The van der Waals surface area contributed by atoms with Crippen molar-refractivity contribution in [1.29, 1.82) is 0 Å². The summed E-state index contributed by atoms with van der Waals surface area (Å²) in [4.78, 5) is 24.9. The second kappa shape index (κ2) is 7.72. The summed E-state index contributed by atoms with van der Waals surface area (Å²) in [6.07, 6.45) is 4.27. The van der Waals surface area contributed by atoms with Crippen LogP contribution in [0.15, 0.2) is 22.7 Å². The third-order valence-corrected chi connectivity index (χ3v) is 4.95. The van der Waals surface area contributed by atoms with Crippen LogP contribution in [0.3, 0.4) is 0 Å². The summed E-state index contributed by atoms with van der Waals surface area (Å²) >= 11 is 0. The number of benzene rings is 1. The maximum Gasteiger partial charge on any atom is 0.229 e. The number of hydrogen-bond donors (Lipinski definition) is 2. The Bertz CT molecular complexity index is 800. The lowest BCUT2D eigenvalue weighted by Gasteiger charge is -2.15. The van der Waals surface area contributed by atoms with Crippen molar-refractivity contribution in [2.24, 2.45) is 5.92 Å². The van der Waals surface area contributed by atoms with Crippen molar-refractivity contribution in [3.8, 4) is 0 Å². The Morgan fingerprint density at radius 3 is 2.50 bits per heavy atom. The van der Waals surface area contributed by atoms with Crippen LogP contribution in [0.5, 0.6) is 0 Å². The molecule has 3 rings (SSSR count). The molecule has 26 heavy (non-hydrogen) atoms. The molecule has 2 N–H and O–H groups in total. The molecule has 0 radical (unpaired) electrons. The Labute approximate surface area is 153 Å². The Morgan fingerprint density at radius 2 is 1.85 bits per heavy atom. The van der Waals surface area contributed by atoms with Gasteiger partial charge in [0.05, 0.1) is 23.5 Å². The van der Waals surface area contributed by atoms with Crippen LogP contribution in [0.2, 0.25) is 0 Å². The van der Waals surface area contributed by atoms with Gasteiger partial charge in [-0.25, -0.2) is 0 Å². The first kappa shape index (κ1) is 18.2. The predicted octanol–water partition coefficient (Wildman–Crippen LogP) is 3.91. The number of amides is 2. The smallest absolute Gasteiger partial charge is 0.229 e. The number of hydrogen-bond acceptors (Lipinski definition) is 4. The molecule has 1 aromatic carbocycles. The minimum Gasteiger partial charge on any atom is -0.361 e. The number of aromatic nitrogens is 1. The van der Waals surface area contributed by atoms with Gasteiger partial charge in [0.1, 0.15) is 5.76 Å². The summed E-state index contributed by atoms with van der Waals surface area (Å²) in [5.41, 5.74) is 3.78. The lowest BCUT2D eigenvalue weighted by atomic mass is 10.1. The van der Waals surface area contributed by atoms with Gasteiger partial charge in [0, 0.05) is 11.5 Å². The first-order valence-corrected chi connectivity index (χ1v) is 9.07. The van der Waals surface area contributed by atoms with Gasteiger partial charge in [0.25, 0.3) is 0 Å². The van der Waals surface area contributed by atoms with Gasteiger partial charge in [-0.05, 0) is 51.3 Å². The molecule has 2 amide bonds. The standard InChI is InChI=1S/C20H25N3O3/c1-12-8-9-17(22-20(25)15-6-4-5-7-15)18(10-12)21-19(24)11-16-13(2)23-26-14(16)3/h8-10,15H,4-7,11H2,1-3H3,(H,21,24)(H,22,25). The van der Waals surface area contributed by atoms with Crippen LogP contribution in [0, 0.1) is 26.7 Å². The van der Waals surface area contributed by atoms with E-state index in [0.717, 1.165) is 42.5 Å². The summed E-state index contributed by atoms with van der Waals surface area (Å²) in [6.45, 7) is 5.56. The predicted molar refractivity (Wildman–Crippen MR) is 100 cm³/mol. The Morgan fingerprint density at radius 1 is 1.12 bits per heavy atom. The topological polar surface area (TPSA) is 84.2 Å². The monoisotopic (exact) mass is 355 g/mol. The van der Waals surface area contributed by atoms with Crippen molar-refractivity contribution in [3.63, 3.8) is 0 Å². The van der Waals surface area contributed by atoms with E-state index < -0.39 is 0 Å². The second-order valence-corrected chi connectivity index (χ2v) is 7.05. The third kappa shape index (κ3) is 4.12. The van der Waals surface area contributed by atoms with E-state index in [-0.39, 0.29) is 24.2 Å². The molecule has 138 valence electrons. The molecule has 6 heteroatoms. The van der Waals surface area contributed by atoms with Gasteiger partial charge in [0.15, 0.2) is 0 Å². The molecular formula is C20H25N3O3. The molecule has 1 aliphatic rings. The average molecular weight is 355 g/mol.